The molecule has 1 aromatic heterocycles. The van der Waals surface area contributed by atoms with E-state index in [1.54, 1.807) is 18.5 Å². The van der Waals surface area contributed by atoms with Gasteiger partial charge in [0.1, 0.15) is 6.04 Å². The molecule has 3 rings (SSSR count). The van der Waals surface area contributed by atoms with Crippen molar-refractivity contribution in [2.75, 3.05) is 12.3 Å². The topological polar surface area (TPSA) is 112 Å². The van der Waals surface area contributed by atoms with Gasteiger partial charge < -0.3 is 10.4 Å². The molecule has 0 saturated heterocycles. The smallest absolute Gasteiger partial charge is 0.407 e. The Labute approximate surface area is 210 Å². The summed E-state index contributed by atoms with van der Waals surface area (Å²) >= 11 is 1.50. The number of amides is 2. The molecular weight excluding hydrogens is 464 g/mol. The first kappa shape index (κ1) is 26.7. The maximum Gasteiger partial charge on any atom is 0.407 e. The van der Waals surface area contributed by atoms with E-state index in [0.29, 0.717) is 23.8 Å². The van der Waals surface area contributed by atoms with Crippen LogP contribution in [0.3, 0.4) is 0 Å². The van der Waals surface area contributed by atoms with E-state index >= 15 is 0 Å². The average molecular weight is 499 g/mol. The minimum Gasteiger partial charge on any atom is -0.465 e. The highest BCUT2D eigenvalue weighted by atomic mass is 32.2. The van der Waals surface area contributed by atoms with E-state index in [-0.39, 0.29) is 18.0 Å². The number of nitrogens with zero attached hydrogens (tertiary/aromatic N) is 3. The van der Waals surface area contributed by atoms with Crippen molar-refractivity contribution in [1.82, 2.24) is 20.2 Å². The monoisotopic (exact) mass is 498 g/mol. The number of hydrogen-bond acceptors (Lipinski definition) is 6. The normalized spacial score (nSPS) is 15.9. The molecule has 0 unspecified atom stereocenters. The molecule has 1 aliphatic carbocycles. The van der Waals surface area contributed by atoms with E-state index in [9.17, 15) is 19.5 Å². The van der Waals surface area contributed by atoms with Gasteiger partial charge in [-0.3, -0.25) is 14.5 Å². The maximum atomic E-state index is 13.3. The third-order valence-electron chi connectivity index (χ3n) is 6.60. The molecule has 1 fully saturated rings. The number of ketones is 1. The minimum atomic E-state index is -1.17. The van der Waals surface area contributed by atoms with Crippen LogP contribution in [-0.2, 0) is 9.59 Å². The van der Waals surface area contributed by atoms with Crippen molar-refractivity contribution < 1.29 is 19.5 Å². The van der Waals surface area contributed by atoms with E-state index in [1.165, 1.54) is 16.7 Å². The van der Waals surface area contributed by atoms with Gasteiger partial charge in [-0.25, -0.2) is 14.8 Å². The molecule has 9 heteroatoms. The zero-order valence-corrected chi connectivity index (χ0v) is 21.2. The number of carboxylic acid groups (broad SMARTS) is 1. The highest BCUT2D eigenvalue weighted by Gasteiger charge is 2.43. The van der Waals surface area contributed by atoms with Gasteiger partial charge in [0.25, 0.3) is 5.91 Å². The Morgan fingerprint density at radius 2 is 1.83 bits per heavy atom. The molecule has 1 aliphatic rings. The zero-order chi connectivity index (χ0) is 25.3. The maximum absolute atomic E-state index is 13.3. The molecule has 2 aromatic rings. The van der Waals surface area contributed by atoms with Crippen molar-refractivity contribution in [1.29, 1.82) is 0 Å². The van der Waals surface area contributed by atoms with Gasteiger partial charge in [-0.15, -0.1) is 0 Å². The summed E-state index contributed by atoms with van der Waals surface area (Å²) in [4.78, 5) is 48.3. The minimum absolute atomic E-state index is 0.212. The Kier molecular flexibility index (Phi) is 9.65. The molecule has 1 heterocycles. The van der Waals surface area contributed by atoms with Crippen LogP contribution in [0.15, 0.2) is 53.9 Å². The summed E-state index contributed by atoms with van der Waals surface area (Å²) in [5.74, 6) is -0.784. The van der Waals surface area contributed by atoms with Gasteiger partial charge in [-0.2, -0.15) is 0 Å². The average Bonchev–Trinajstić information content (AvgIpc) is 2.85. The highest BCUT2D eigenvalue weighted by molar-refractivity contribution is 7.99. The summed E-state index contributed by atoms with van der Waals surface area (Å²) in [7, 11) is 0. The molecule has 8 nitrogen and oxygen atoms in total. The molecule has 188 valence electrons. The molecule has 0 bridgehead atoms. The van der Waals surface area contributed by atoms with Gasteiger partial charge in [-0.05, 0) is 43.2 Å². The fourth-order valence-corrected chi connectivity index (χ4v) is 5.43. The van der Waals surface area contributed by atoms with Crippen LogP contribution in [0.5, 0.6) is 0 Å². The summed E-state index contributed by atoms with van der Waals surface area (Å²) in [5.41, 5.74) is 0.614. The second-order valence-corrected chi connectivity index (χ2v) is 10.2. The van der Waals surface area contributed by atoms with E-state index in [1.807, 2.05) is 44.2 Å². The van der Waals surface area contributed by atoms with Crippen LogP contribution in [-0.4, -0.2) is 56.1 Å². The van der Waals surface area contributed by atoms with Crippen LogP contribution in [0.2, 0.25) is 0 Å². The van der Waals surface area contributed by atoms with Crippen molar-refractivity contribution in [3.8, 4) is 0 Å². The summed E-state index contributed by atoms with van der Waals surface area (Å²) in [6.45, 7) is 4.00. The van der Waals surface area contributed by atoms with Crippen LogP contribution in [0.25, 0.3) is 0 Å². The Morgan fingerprint density at radius 1 is 1.14 bits per heavy atom. The number of unbranched alkanes of at least 4 members (excludes halogenated alkanes) is 1. The molecular formula is C26H34N4O4S. The number of aromatic nitrogens is 2. The number of rotatable bonds is 13. The van der Waals surface area contributed by atoms with Crippen LogP contribution < -0.4 is 5.32 Å². The predicted octanol–water partition coefficient (Wildman–Crippen LogP) is 4.72. The Hall–Kier alpha value is -2.94. The third-order valence-corrected chi connectivity index (χ3v) is 7.82. The number of thioether (sulfide) groups is 1. The molecule has 1 saturated carbocycles. The van der Waals surface area contributed by atoms with Crippen LogP contribution in [0.4, 0.5) is 4.79 Å². The van der Waals surface area contributed by atoms with Crippen LogP contribution in [0, 0.1) is 5.41 Å². The zero-order valence-electron chi connectivity index (χ0n) is 20.4. The molecule has 2 N–H and O–H groups in total. The highest BCUT2D eigenvalue weighted by Crippen LogP contribution is 2.45. The molecule has 2 amide bonds. The summed E-state index contributed by atoms with van der Waals surface area (Å²) in [6.07, 6.45) is 6.70. The van der Waals surface area contributed by atoms with Crippen molar-refractivity contribution >= 4 is 29.5 Å². The fraction of sp³-hybridized carbons (Fsp3) is 0.500. The Morgan fingerprint density at radius 3 is 2.40 bits per heavy atom. The first-order valence-corrected chi connectivity index (χ1v) is 13.1. The quantitative estimate of drug-likeness (QED) is 0.233. The van der Waals surface area contributed by atoms with Gasteiger partial charge in [0, 0.05) is 24.7 Å². The van der Waals surface area contributed by atoms with Gasteiger partial charge in [0.15, 0.2) is 5.16 Å². The lowest BCUT2D eigenvalue weighted by Crippen LogP contribution is -2.55. The van der Waals surface area contributed by atoms with E-state index in [4.69, 9.17) is 0 Å². The second kappa shape index (κ2) is 12.7. The molecule has 0 radical (unpaired) electrons. The number of hydrogen-bond donors (Lipinski definition) is 2. The fourth-order valence-electron chi connectivity index (χ4n) is 4.35. The second-order valence-electron chi connectivity index (χ2n) is 9.21. The molecule has 0 spiro atoms. The number of nitrogens with one attached hydrogen (secondary N) is 1. The standard InChI is InChI=1S/C26H34N4O4S/c1-3-4-12-21(22(31)23(32)29-19(2)20-10-6-5-7-11-20)30(25(33)34)17-26(13-8-14-26)18-35-24-27-15-9-16-28-24/h5-7,9-11,15-16,19,21H,3-4,8,12-14,17-18H2,1-2H3,(H,29,32)(H,33,34)/t19-,21+/m1/s1. The number of benzene rings is 1. The number of carbonyl (C=O) groups excluding carboxylic acids is 2. The lowest BCUT2D eigenvalue weighted by molar-refractivity contribution is -0.141. The van der Waals surface area contributed by atoms with Gasteiger partial charge in [0.2, 0.25) is 5.78 Å². The van der Waals surface area contributed by atoms with Crippen LogP contribution >= 0.6 is 11.8 Å². The van der Waals surface area contributed by atoms with Crippen molar-refractivity contribution in [2.24, 2.45) is 5.41 Å². The summed E-state index contributed by atoms with van der Waals surface area (Å²) in [5, 5.41) is 13.5. The number of carbonyl (C=O) groups is 3. The molecule has 1 aromatic carbocycles. The summed E-state index contributed by atoms with van der Waals surface area (Å²) in [6, 6.07) is 9.75. The SMILES string of the molecule is CCCC[C@@H](C(=O)C(=O)N[C@H](C)c1ccccc1)N(CC1(CSc2ncccn2)CCC1)C(=O)O. The Balaban J connectivity index is 1.73. The van der Waals surface area contributed by atoms with Crippen LogP contribution in [0.1, 0.15) is 64.0 Å². The van der Waals surface area contributed by atoms with Crippen molar-refractivity contribution in [2.45, 2.75) is 69.6 Å². The first-order chi connectivity index (χ1) is 16.8. The van der Waals surface area contributed by atoms with E-state index in [0.717, 1.165) is 31.2 Å². The third kappa shape index (κ3) is 7.27. The first-order valence-electron chi connectivity index (χ1n) is 12.1. The molecule has 2 atom stereocenters. The van der Waals surface area contributed by atoms with E-state index < -0.39 is 23.8 Å². The lowest BCUT2D eigenvalue weighted by Gasteiger charge is -2.45. The largest absolute Gasteiger partial charge is 0.465 e. The van der Waals surface area contributed by atoms with Gasteiger partial charge >= 0.3 is 6.09 Å². The predicted molar refractivity (Wildman–Crippen MR) is 135 cm³/mol. The van der Waals surface area contributed by atoms with Gasteiger partial charge in [0.05, 0.1) is 6.04 Å². The van der Waals surface area contributed by atoms with Crippen molar-refractivity contribution in [3.05, 3.63) is 54.4 Å². The lowest BCUT2D eigenvalue weighted by atomic mass is 9.69. The molecule has 35 heavy (non-hydrogen) atoms. The number of Topliss-reactive ketones (excluding diaryl/α,β-unsaturated/α-hetero) is 1. The van der Waals surface area contributed by atoms with Crippen molar-refractivity contribution in [3.63, 3.8) is 0 Å². The summed E-state index contributed by atoms with van der Waals surface area (Å²) < 4.78 is 0. The van der Waals surface area contributed by atoms with Gasteiger partial charge in [-0.1, -0.05) is 68.3 Å². The Bertz CT molecular complexity index is 985. The van der Waals surface area contributed by atoms with E-state index in [2.05, 4.69) is 15.3 Å². The molecule has 0 aliphatic heterocycles.